The number of morpholine rings is 1. The number of benzene rings is 2. The van der Waals surface area contributed by atoms with Crippen molar-refractivity contribution < 1.29 is 9.53 Å². The number of fused-ring (bicyclic) bond motifs is 1. The number of rotatable bonds is 3. The lowest BCUT2D eigenvalue weighted by molar-refractivity contribution is 0.0524. The SMILES string of the molecule is O=C(N[C@H](NC(=S)Nc1cccc2ccccc12)C(Cl)(Cl)Cl)N1CCOCC1. The van der Waals surface area contributed by atoms with Crippen molar-refractivity contribution >= 4 is 74.6 Å². The number of ether oxygens (including phenoxy) is 1. The summed E-state index contributed by atoms with van der Waals surface area (Å²) in [5, 5.41) is 10.9. The summed E-state index contributed by atoms with van der Waals surface area (Å²) >= 11 is 23.5. The van der Waals surface area contributed by atoms with Crippen molar-refractivity contribution in [3.8, 4) is 0 Å². The Morgan fingerprint density at radius 3 is 2.46 bits per heavy atom. The molecule has 2 aromatic carbocycles. The number of carbonyl (C=O) groups is 1. The van der Waals surface area contributed by atoms with Crippen molar-refractivity contribution in [2.45, 2.75) is 9.96 Å². The van der Waals surface area contributed by atoms with Crippen LogP contribution in [0.4, 0.5) is 10.5 Å². The van der Waals surface area contributed by atoms with Gasteiger partial charge in [-0.2, -0.15) is 0 Å². The molecule has 1 heterocycles. The zero-order valence-corrected chi connectivity index (χ0v) is 17.8. The minimum absolute atomic E-state index is 0.218. The maximum atomic E-state index is 12.4. The number of thiocarbonyl (C=S) groups is 1. The molecular formula is C18H19Cl3N4O2S. The van der Waals surface area contributed by atoms with Gasteiger partial charge in [-0.05, 0) is 23.7 Å². The van der Waals surface area contributed by atoms with Gasteiger partial charge in [-0.1, -0.05) is 71.2 Å². The van der Waals surface area contributed by atoms with E-state index in [-0.39, 0.29) is 11.1 Å². The van der Waals surface area contributed by atoms with E-state index in [1.807, 2.05) is 42.5 Å². The van der Waals surface area contributed by atoms with Gasteiger partial charge >= 0.3 is 6.03 Å². The van der Waals surface area contributed by atoms with E-state index in [1.54, 1.807) is 4.90 Å². The van der Waals surface area contributed by atoms with Crippen LogP contribution in [0.15, 0.2) is 42.5 Å². The molecule has 1 atom stereocenters. The molecule has 0 unspecified atom stereocenters. The van der Waals surface area contributed by atoms with Gasteiger partial charge in [0.15, 0.2) is 11.3 Å². The van der Waals surface area contributed by atoms with E-state index in [2.05, 4.69) is 16.0 Å². The van der Waals surface area contributed by atoms with Crippen molar-refractivity contribution in [1.29, 1.82) is 0 Å². The fourth-order valence-electron chi connectivity index (χ4n) is 2.80. The van der Waals surface area contributed by atoms with Crippen LogP contribution in [-0.2, 0) is 4.74 Å². The molecule has 0 aliphatic carbocycles. The highest BCUT2D eigenvalue weighted by Gasteiger charge is 2.36. The van der Waals surface area contributed by atoms with Gasteiger partial charge < -0.3 is 25.6 Å². The van der Waals surface area contributed by atoms with Gasteiger partial charge in [0, 0.05) is 24.2 Å². The van der Waals surface area contributed by atoms with Crippen LogP contribution in [0.1, 0.15) is 0 Å². The van der Waals surface area contributed by atoms with Crippen molar-refractivity contribution in [2.75, 3.05) is 31.6 Å². The molecular weight excluding hydrogens is 443 g/mol. The molecule has 0 saturated carbocycles. The Labute approximate surface area is 183 Å². The number of amides is 2. The molecule has 10 heteroatoms. The monoisotopic (exact) mass is 460 g/mol. The number of halogens is 3. The van der Waals surface area contributed by atoms with Crippen molar-refractivity contribution in [3.05, 3.63) is 42.5 Å². The maximum absolute atomic E-state index is 12.4. The molecule has 3 N–H and O–H groups in total. The first-order valence-corrected chi connectivity index (χ1v) is 10.1. The van der Waals surface area contributed by atoms with Gasteiger partial charge in [-0.3, -0.25) is 0 Å². The van der Waals surface area contributed by atoms with Crippen molar-refractivity contribution in [3.63, 3.8) is 0 Å². The number of anilines is 1. The fourth-order valence-corrected chi connectivity index (χ4v) is 3.36. The first-order valence-electron chi connectivity index (χ1n) is 8.60. The van der Waals surface area contributed by atoms with Crippen LogP contribution in [0, 0.1) is 0 Å². The van der Waals surface area contributed by atoms with Crippen molar-refractivity contribution in [2.24, 2.45) is 0 Å². The second kappa shape index (κ2) is 9.33. The van der Waals surface area contributed by atoms with Crippen LogP contribution in [0.3, 0.4) is 0 Å². The summed E-state index contributed by atoms with van der Waals surface area (Å²) in [7, 11) is 0. The predicted molar refractivity (Wildman–Crippen MR) is 118 cm³/mol. The maximum Gasteiger partial charge on any atom is 0.319 e. The molecule has 0 bridgehead atoms. The lowest BCUT2D eigenvalue weighted by Gasteiger charge is -2.32. The Kier molecular flexibility index (Phi) is 7.06. The van der Waals surface area contributed by atoms with Crippen LogP contribution in [0.2, 0.25) is 0 Å². The van der Waals surface area contributed by atoms with Gasteiger partial charge in [0.2, 0.25) is 3.79 Å². The smallest absolute Gasteiger partial charge is 0.319 e. The number of hydrogen-bond donors (Lipinski definition) is 3. The predicted octanol–water partition coefficient (Wildman–Crippen LogP) is 3.86. The molecule has 28 heavy (non-hydrogen) atoms. The molecule has 0 radical (unpaired) electrons. The minimum Gasteiger partial charge on any atom is -0.378 e. The third-order valence-electron chi connectivity index (χ3n) is 4.21. The molecule has 0 aromatic heterocycles. The first-order chi connectivity index (χ1) is 13.3. The average Bonchev–Trinajstić information content (AvgIpc) is 2.67. The van der Waals surface area contributed by atoms with E-state index in [9.17, 15) is 4.79 Å². The summed E-state index contributed by atoms with van der Waals surface area (Å²) in [6.07, 6.45) is -1.03. The van der Waals surface area contributed by atoms with Gasteiger partial charge in [0.25, 0.3) is 0 Å². The van der Waals surface area contributed by atoms with E-state index >= 15 is 0 Å². The average molecular weight is 462 g/mol. The normalized spacial score (nSPS) is 15.8. The quantitative estimate of drug-likeness (QED) is 0.368. The zero-order chi connectivity index (χ0) is 20.1. The summed E-state index contributed by atoms with van der Waals surface area (Å²) in [6.45, 7) is 1.88. The highest BCUT2D eigenvalue weighted by Crippen LogP contribution is 2.29. The second-order valence-corrected chi connectivity index (χ2v) is 8.93. The standard InChI is InChI=1S/C18H19Cl3N4O2S/c19-18(20,21)15(24-17(26)25-8-10-27-11-9-25)23-16(28)22-14-7-3-5-12-4-1-2-6-13(12)14/h1-7,15H,8-11H2,(H,24,26)(H2,22,23,28)/t15-/m0/s1. The highest BCUT2D eigenvalue weighted by atomic mass is 35.6. The topological polar surface area (TPSA) is 65.6 Å². The minimum atomic E-state index is -1.81. The molecule has 6 nitrogen and oxygen atoms in total. The summed E-state index contributed by atoms with van der Waals surface area (Å²) < 4.78 is 3.43. The lowest BCUT2D eigenvalue weighted by Crippen LogP contribution is -2.59. The number of alkyl halides is 3. The highest BCUT2D eigenvalue weighted by molar-refractivity contribution is 7.80. The van der Waals surface area contributed by atoms with Gasteiger partial charge in [0.1, 0.15) is 0 Å². The molecule has 1 fully saturated rings. The van der Waals surface area contributed by atoms with E-state index in [1.165, 1.54) is 0 Å². The molecule has 1 aliphatic heterocycles. The fraction of sp³-hybridized carbons (Fsp3) is 0.333. The Balaban J connectivity index is 1.68. The molecule has 1 saturated heterocycles. The third-order valence-corrected chi connectivity index (χ3v) is 5.08. The zero-order valence-electron chi connectivity index (χ0n) is 14.8. The van der Waals surface area contributed by atoms with Crippen LogP contribution >= 0.6 is 47.0 Å². The largest absolute Gasteiger partial charge is 0.378 e. The van der Waals surface area contributed by atoms with Crippen LogP contribution in [-0.4, -0.2) is 52.3 Å². The summed E-state index contributed by atoms with van der Waals surface area (Å²) in [5.74, 6) is 0. The van der Waals surface area contributed by atoms with E-state index in [4.69, 9.17) is 51.8 Å². The van der Waals surface area contributed by atoms with E-state index in [0.717, 1.165) is 16.5 Å². The van der Waals surface area contributed by atoms with Crippen molar-refractivity contribution in [1.82, 2.24) is 15.5 Å². The van der Waals surface area contributed by atoms with Gasteiger partial charge in [-0.25, -0.2) is 4.79 Å². The molecule has 2 amide bonds. The molecule has 150 valence electrons. The summed E-state index contributed by atoms with van der Waals surface area (Å²) in [5.41, 5.74) is 0.804. The first kappa shape index (κ1) is 21.2. The Hall–Kier alpha value is -1.51. The number of urea groups is 1. The second-order valence-electron chi connectivity index (χ2n) is 6.15. The Morgan fingerprint density at radius 2 is 1.75 bits per heavy atom. The summed E-state index contributed by atoms with van der Waals surface area (Å²) in [6, 6.07) is 13.3. The van der Waals surface area contributed by atoms with Gasteiger partial charge in [-0.15, -0.1) is 0 Å². The van der Waals surface area contributed by atoms with Crippen LogP contribution in [0.25, 0.3) is 10.8 Å². The number of carbonyl (C=O) groups excluding carboxylic acids is 1. The molecule has 2 aromatic rings. The number of nitrogens with one attached hydrogen (secondary N) is 3. The lowest BCUT2D eigenvalue weighted by atomic mass is 10.1. The Bertz CT molecular complexity index is 851. The van der Waals surface area contributed by atoms with Crippen LogP contribution < -0.4 is 16.0 Å². The van der Waals surface area contributed by atoms with Crippen LogP contribution in [0.5, 0.6) is 0 Å². The molecule has 0 spiro atoms. The van der Waals surface area contributed by atoms with Gasteiger partial charge in [0.05, 0.1) is 13.2 Å². The Morgan fingerprint density at radius 1 is 1.07 bits per heavy atom. The molecule has 1 aliphatic rings. The van der Waals surface area contributed by atoms with E-state index in [0.29, 0.717) is 26.3 Å². The van der Waals surface area contributed by atoms with E-state index < -0.39 is 9.96 Å². The molecule has 3 rings (SSSR count). The number of hydrogen-bond acceptors (Lipinski definition) is 3. The summed E-state index contributed by atoms with van der Waals surface area (Å²) in [4.78, 5) is 14.0. The third kappa shape index (κ3) is 5.52. The number of nitrogens with zero attached hydrogens (tertiary/aromatic N) is 1.